The van der Waals surface area contributed by atoms with Crippen molar-refractivity contribution < 1.29 is 9.59 Å². The van der Waals surface area contributed by atoms with Gasteiger partial charge in [0, 0.05) is 4.47 Å². The molecule has 98 valence electrons. The zero-order valence-corrected chi connectivity index (χ0v) is 11.8. The lowest BCUT2D eigenvalue weighted by Gasteiger charge is -2.19. The fourth-order valence-corrected chi connectivity index (χ4v) is 2.15. The highest BCUT2D eigenvalue weighted by Crippen LogP contribution is 2.22. The van der Waals surface area contributed by atoms with Crippen molar-refractivity contribution in [1.29, 1.82) is 0 Å². The third-order valence-electron chi connectivity index (χ3n) is 2.48. The first kappa shape index (κ1) is 14.5. The summed E-state index contributed by atoms with van der Waals surface area (Å²) in [7, 11) is 0. The second-order valence-electron chi connectivity index (χ2n) is 3.98. The minimum Gasteiger partial charge on any atom is -0.352 e. The van der Waals surface area contributed by atoms with Gasteiger partial charge in [-0.15, -0.1) is 0 Å². The molecule has 0 heterocycles. The lowest BCUT2D eigenvalue weighted by Crippen LogP contribution is -2.47. The third kappa shape index (κ3) is 4.03. The molecule has 1 aromatic rings. The second kappa shape index (κ2) is 6.39. The van der Waals surface area contributed by atoms with Crippen molar-refractivity contribution in [2.45, 2.75) is 25.9 Å². The van der Waals surface area contributed by atoms with Crippen LogP contribution in [0.3, 0.4) is 0 Å². The smallest absolute Gasteiger partial charge is 0.312 e. The number of halogens is 1. The van der Waals surface area contributed by atoms with Crippen molar-refractivity contribution in [3.05, 3.63) is 34.3 Å². The molecule has 0 spiro atoms. The minimum absolute atomic E-state index is 0.162. The Morgan fingerprint density at radius 3 is 2.39 bits per heavy atom. The number of amides is 3. The van der Waals surface area contributed by atoms with E-state index >= 15 is 0 Å². The summed E-state index contributed by atoms with van der Waals surface area (Å²) in [6, 6.07) is 6.08. The Balaban J connectivity index is 2.65. The van der Waals surface area contributed by atoms with Crippen molar-refractivity contribution >= 4 is 27.9 Å². The van der Waals surface area contributed by atoms with Gasteiger partial charge in [0.1, 0.15) is 6.04 Å². The lowest BCUT2D eigenvalue weighted by atomic mass is 10.1. The van der Waals surface area contributed by atoms with Gasteiger partial charge in [-0.1, -0.05) is 34.1 Å². The summed E-state index contributed by atoms with van der Waals surface area (Å²) in [6.07, 6.45) is 0. The van der Waals surface area contributed by atoms with Crippen molar-refractivity contribution in [2.75, 3.05) is 0 Å². The maximum atomic E-state index is 11.8. The van der Waals surface area contributed by atoms with Crippen LogP contribution < -0.4 is 16.4 Å². The van der Waals surface area contributed by atoms with E-state index in [9.17, 15) is 9.59 Å². The zero-order chi connectivity index (χ0) is 13.7. The van der Waals surface area contributed by atoms with Gasteiger partial charge in [0.25, 0.3) is 0 Å². The highest BCUT2D eigenvalue weighted by atomic mass is 79.9. The predicted molar refractivity (Wildman–Crippen MR) is 72.9 cm³/mol. The molecule has 0 aliphatic carbocycles. The third-order valence-corrected chi connectivity index (χ3v) is 3.20. The standard InChI is InChI=1S/C12H16BrN3O2/c1-7(9-5-3-4-6-10(9)13)15-11(17)8(2)16-12(14)18/h3-8H,1-2H3,(H,15,17)(H3,14,16,18). The number of carbonyl (C=O) groups excluding carboxylic acids is 2. The molecule has 0 fully saturated rings. The summed E-state index contributed by atoms with van der Waals surface area (Å²) in [6.45, 7) is 3.45. The normalized spacial score (nSPS) is 13.5. The van der Waals surface area contributed by atoms with Crippen LogP contribution in [0.25, 0.3) is 0 Å². The van der Waals surface area contributed by atoms with Crippen LogP contribution in [0.15, 0.2) is 28.7 Å². The average molecular weight is 314 g/mol. The highest BCUT2D eigenvalue weighted by molar-refractivity contribution is 9.10. The van der Waals surface area contributed by atoms with Crippen molar-refractivity contribution in [1.82, 2.24) is 10.6 Å². The van der Waals surface area contributed by atoms with E-state index < -0.39 is 12.1 Å². The van der Waals surface area contributed by atoms with E-state index in [1.165, 1.54) is 0 Å². The number of rotatable bonds is 4. The molecule has 1 rings (SSSR count). The van der Waals surface area contributed by atoms with Gasteiger partial charge in [-0.05, 0) is 25.5 Å². The largest absolute Gasteiger partial charge is 0.352 e. The Bertz CT molecular complexity index is 451. The summed E-state index contributed by atoms with van der Waals surface area (Å²) in [5.74, 6) is -0.281. The van der Waals surface area contributed by atoms with Crippen molar-refractivity contribution in [3.8, 4) is 0 Å². The maximum absolute atomic E-state index is 11.8. The van der Waals surface area contributed by atoms with Crippen LogP contribution in [-0.4, -0.2) is 18.0 Å². The van der Waals surface area contributed by atoms with E-state index in [4.69, 9.17) is 5.73 Å². The molecule has 0 bridgehead atoms. The summed E-state index contributed by atoms with van der Waals surface area (Å²) in [5, 5.41) is 5.13. The second-order valence-corrected chi connectivity index (χ2v) is 4.84. The van der Waals surface area contributed by atoms with E-state index in [1.807, 2.05) is 31.2 Å². The first-order valence-corrected chi connectivity index (χ1v) is 6.32. The number of urea groups is 1. The summed E-state index contributed by atoms with van der Waals surface area (Å²) < 4.78 is 0.924. The Morgan fingerprint density at radius 2 is 1.83 bits per heavy atom. The molecule has 3 amide bonds. The molecule has 6 heteroatoms. The monoisotopic (exact) mass is 313 g/mol. The van der Waals surface area contributed by atoms with Gasteiger partial charge in [-0.25, -0.2) is 4.79 Å². The van der Waals surface area contributed by atoms with Crippen LogP contribution in [-0.2, 0) is 4.79 Å². The number of nitrogens with two attached hydrogens (primary N) is 1. The van der Waals surface area contributed by atoms with Crippen LogP contribution in [0.2, 0.25) is 0 Å². The van der Waals surface area contributed by atoms with Gasteiger partial charge in [0.05, 0.1) is 6.04 Å². The van der Waals surface area contributed by atoms with Crippen LogP contribution in [0.5, 0.6) is 0 Å². The van der Waals surface area contributed by atoms with Crippen LogP contribution in [0.4, 0.5) is 4.79 Å². The number of hydrogen-bond donors (Lipinski definition) is 3. The Kier molecular flexibility index (Phi) is 5.15. The molecule has 18 heavy (non-hydrogen) atoms. The molecule has 2 atom stereocenters. The summed E-state index contributed by atoms with van der Waals surface area (Å²) in [4.78, 5) is 22.4. The fraction of sp³-hybridized carbons (Fsp3) is 0.333. The number of nitrogens with one attached hydrogen (secondary N) is 2. The first-order chi connectivity index (χ1) is 8.41. The minimum atomic E-state index is -0.716. The van der Waals surface area contributed by atoms with Crippen LogP contribution in [0.1, 0.15) is 25.5 Å². The highest BCUT2D eigenvalue weighted by Gasteiger charge is 2.17. The molecular formula is C12H16BrN3O2. The zero-order valence-electron chi connectivity index (χ0n) is 10.2. The number of hydrogen-bond acceptors (Lipinski definition) is 2. The maximum Gasteiger partial charge on any atom is 0.312 e. The van der Waals surface area contributed by atoms with Crippen LogP contribution in [0, 0.1) is 0 Å². The van der Waals surface area contributed by atoms with Gasteiger partial charge in [0.2, 0.25) is 5.91 Å². The Morgan fingerprint density at radius 1 is 1.22 bits per heavy atom. The van der Waals surface area contributed by atoms with Gasteiger partial charge < -0.3 is 16.4 Å². The van der Waals surface area contributed by atoms with Crippen molar-refractivity contribution in [2.24, 2.45) is 5.73 Å². The van der Waals surface area contributed by atoms with Gasteiger partial charge >= 0.3 is 6.03 Å². The van der Waals surface area contributed by atoms with Gasteiger partial charge in [0.15, 0.2) is 0 Å². The summed E-state index contributed by atoms with van der Waals surface area (Å²) in [5.41, 5.74) is 5.93. The van der Waals surface area contributed by atoms with E-state index in [0.29, 0.717) is 0 Å². The van der Waals surface area contributed by atoms with Crippen LogP contribution >= 0.6 is 15.9 Å². The number of primary amides is 1. The predicted octanol–water partition coefficient (Wildman–Crippen LogP) is 1.68. The molecule has 1 aromatic carbocycles. The van der Waals surface area contributed by atoms with E-state index in [1.54, 1.807) is 6.92 Å². The van der Waals surface area contributed by atoms with Crippen molar-refractivity contribution in [3.63, 3.8) is 0 Å². The molecular weight excluding hydrogens is 298 g/mol. The molecule has 5 nitrogen and oxygen atoms in total. The number of carbonyl (C=O) groups is 2. The molecule has 0 saturated heterocycles. The van der Waals surface area contributed by atoms with E-state index in [0.717, 1.165) is 10.0 Å². The Labute approximate surface area is 114 Å². The molecule has 0 aliphatic rings. The van der Waals surface area contributed by atoms with Gasteiger partial charge in [-0.3, -0.25) is 4.79 Å². The average Bonchev–Trinajstić information content (AvgIpc) is 2.28. The SMILES string of the molecule is CC(NC(N)=O)C(=O)NC(C)c1ccccc1Br. The van der Waals surface area contributed by atoms with Gasteiger partial charge in [-0.2, -0.15) is 0 Å². The molecule has 0 saturated carbocycles. The quantitative estimate of drug-likeness (QED) is 0.790. The molecule has 0 aromatic heterocycles. The lowest BCUT2D eigenvalue weighted by molar-refractivity contribution is -0.123. The molecule has 4 N–H and O–H groups in total. The fourth-order valence-electron chi connectivity index (χ4n) is 1.52. The van der Waals surface area contributed by atoms with E-state index in [-0.39, 0.29) is 11.9 Å². The molecule has 0 aliphatic heterocycles. The molecule has 2 unspecified atom stereocenters. The number of benzene rings is 1. The first-order valence-electron chi connectivity index (χ1n) is 5.52. The van der Waals surface area contributed by atoms with E-state index in [2.05, 4.69) is 26.6 Å². The summed E-state index contributed by atoms with van der Waals surface area (Å²) >= 11 is 3.42. The Hall–Kier alpha value is -1.56. The topological polar surface area (TPSA) is 84.2 Å². The molecule has 0 radical (unpaired) electrons.